The van der Waals surface area contributed by atoms with Crippen molar-refractivity contribution in [2.75, 3.05) is 7.05 Å². The van der Waals surface area contributed by atoms with Crippen molar-refractivity contribution in [1.82, 2.24) is 10.3 Å². The van der Waals surface area contributed by atoms with Gasteiger partial charge in [-0.1, -0.05) is 11.6 Å². The Morgan fingerprint density at radius 1 is 1.75 bits per heavy atom. The second-order valence-corrected chi connectivity index (χ2v) is 2.75. The third kappa shape index (κ3) is 2.51. The second kappa shape index (κ2) is 4.07. The fourth-order valence-electron chi connectivity index (χ4n) is 0.798. The molecule has 1 N–H and O–H groups in total. The second-order valence-electron chi connectivity index (χ2n) is 2.32. The minimum Gasteiger partial charge on any atom is -0.359 e. The molecule has 64 valence electrons. The monoisotopic (exact) mass is 184 g/mol. The maximum Gasteiger partial charge on any atom is 0.225 e. The van der Waals surface area contributed by atoms with Crippen LogP contribution in [0.15, 0.2) is 18.3 Å². The van der Waals surface area contributed by atoms with E-state index in [-0.39, 0.29) is 12.3 Å². The maximum absolute atomic E-state index is 10.9. The first-order chi connectivity index (χ1) is 5.72. The number of pyridine rings is 1. The van der Waals surface area contributed by atoms with Crippen molar-refractivity contribution in [1.29, 1.82) is 0 Å². The van der Waals surface area contributed by atoms with Crippen molar-refractivity contribution in [2.24, 2.45) is 0 Å². The van der Waals surface area contributed by atoms with Gasteiger partial charge in [0.15, 0.2) is 0 Å². The predicted octanol–water partition coefficient (Wildman–Crippen LogP) is 1.02. The number of hydrogen-bond donors (Lipinski definition) is 1. The highest BCUT2D eigenvalue weighted by Crippen LogP contribution is 2.07. The normalized spacial score (nSPS) is 9.50. The number of nitrogens with zero attached hydrogens (tertiary/aromatic N) is 1. The molecule has 0 fully saturated rings. The Morgan fingerprint density at radius 3 is 3.08 bits per heavy atom. The SMILES string of the molecule is CNC(=O)Cc1cc(Cl)ccn1. The molecule has 0 radical (unpaired) electrons. The van der Waals surface area contributed by atoms with Crippen LogP contribution in [0.2, 0.25) is 5.02 Å². The molecule has 4 heteroatoms. The van der Waals surface area contributed by atoms with Crippen LogP contribution >= 0.6 is 11.6 Å². The van der Waals surface area contributed by atoms with Gasteiger partial charge >= 0.3 is 0 Å². The first kappa shape index (κ1) is 9.00. The Kier molecular flexibility index (Phi) is 3.05. The lowest BCUT2D eigenvalue weighted by molar-refractivity contribution is -0.120. The van der Waals surface area contributed by atoms with E-state index in [0.29, 0.717) is 10.7 Å². The number of amides is 1. The smallest absolute Gasteiger partial charge is 0.225 e. The molecule has 1 aromatic heterocycles. The Labute approximate surface area is 75.8 Å². The van der Waals surface area contributed by atoms with Gasteiger partial charge in [0.05, 0.1) is 12.1 Å². The Bertz CT molecular complexity index is 288. The van der Waals surface area contributed by atoms with Crippen LogP contribution in [0.1, 0.15) is 5.69 Å². The number of rotatable bonds is 2. The Hall–Kier alpha value is -1.09. The average molecular weight is 185 g/mol. The molecule has 3 nitrogen and oxygen atoms in total. The Balaban J connectivity index is 2.69. The van der Waals surface area contributed by atoms with Gasteiger partial charge < -0.3 is 5.32 Å². The summed E-state index contributed by atoms with van der Waals surface area (Å²) >= 11 is 5.70. The molecule has 0 saturated carbocycles. The molecule has 0 atom stereocenters. The summed E-state index contributed by atoms with van der Waals surface area (Å²) in [5, 5.41) is 3.11. The first-order valence-electron chi connectivity index (χ1n) is 3.53. The van der Waals surface area contributed by atoms with E-state index in [0.717, 1.165) is 0 Å². The van der Waals surface area contributed by atoms with Crippen LogP contribution < -0.4 is 5.32 Å². The molecular weight excluding hydrogens is 176 g/mol. The van der Waals surface area contributed by atoms with Crippen LogP contribution in [-0.2, 0) is 11.2 Å². The van der Waals surface area contributed by atoms with E-state index in [9.17, 15) is 4.79 Å². The van der Waals surface area contributed by atoms with Gasteiger partial charge in [-0.2, -0.15) is 0 Å². The summed E-state index contributed by atoms with van der Waals surface area (Å²) in [4.78, 5) is 14.9. The van der Waals surface area contributed by atoms with Crippen LogP contribution in [-0.4, -0.2) is 17.9 Å². The number of halogens is 1. The lowest BCUT2D eigenvalue weighted by atomic mass is 10.2. The molecular formula is C8H9ClN2O. The lowest BCUT2D eigenvalue weighted by Gasteiger charge is -1.98. The van der Waals surface area contributed by atoms with Gasteiger partial charge in [-0.25, -0.2) is 0 Å². The minimum atomic E-state index is -0.0650. The number of likely N-dealkylation sites (N-methyl/N-ethyl adjacent to an activating group) is 1. The van der Waals surface area contributed by atoms with Crippen LogP contribution in [0.5, 0.6) is 0 Å². The predicted molar refractivity (Wildman–Crippen MR) is 47.0 cm³/mol. The molecule has 12 heavy (non-hydrogen) atoms. The number of carbonyl (C=O) groups is 1. The van der Waals surface area contributed by atoms with Crippen LogP contribution in [0.25, 0.3) is 0 Å². The fraction of sp³-hybridized carbons (Fsp3) is 0.250. The fourth-order valence-corrected chi connectivity index (χ4v) is 0.981. The molecule has 1 aromatic rings. The minimum absolute atomic E-state index is 0.0650. The summed E-state index contributed by atoms with van der Waals surface area (Å²) < 4.78 is 0. The standard InChI is InChI=1S/C8H9ClN2O/c1-10-8(12)5-7-4-6(9)2-3-11-7/h2-4H,5H2,1H3,(H,10,12). The molecule has 1 rings (SSSR count). The molecule has 0 unspecified atom stereocenters. The zero-order valence-electron chi connectivity index (χ0n) is 6.67. The highest BCUT2D eigenvalue weighted by molar-refractivity contribution is 6.30. The molecule has 0 aliphatic heterocycles. The highest BCUT2D eigenvalue weighted by Gasteiger charge is 2.01. The summed E-state index contributed by atoms with van der Waals surface area (Å²) in [6, 6.07) is 3.35. The maximum atomic E-state index is 10.9. The number of aromatic nitrogens is 1. The largest absolute Gasteiger partial charge is 0.359 e. The summed E-state index contributed by atoms with van der Waals surface area (Å²) in [6.07, 6.45) is 1.86. The Morgan fingerprint density at radius 2 is 2.50 bits per heavy atom. The third-order valence-corrected chi connectivity index (χ3v) is 1.63. The zero-order chi connectivity index (χ0) is 8.97. The molecule has 1 amide bonds. The topological polar surface area (TPSA) is 42.0 Å². The van der Waals surface area contributed by atoms with Crippen molar-refractivity contribution < 1.29 is 4.79 Å². The molecule has 0 spiro atoms. The van der Waals surface area contributed by atoms with Crippen molar-refractivity contribution in [3.05, 3.63) is 29.0 Å². The van der Waals surface area contributed by atoms with Crippen molar-refractivity contribution >= 4 is 17.5 Å². The van der Waals surface area contributed by atoms with Crippen LogP contribution in [0.3, 0.4) is 0 Å². The average Bonchev–Trinajstić information content (AvgIpc) is 2.04. The summed E-state index contributed by atoms with van der Waals surface area (Å²) in [5.74, 6) is -0.0650. The van der Waals surface area contributed by atoms with E-state index in [1.165, 1.54) is 0 Å². The van der Waals surface area contributed by atoms with Crippen molar-refractivity contribution in [3.63, 3.8) is 0 Å². The third-order valence-electron chi connectivity index (χ3n) is 1.40. The molecule has 0 aromatic carbocycles. The van der Waals surface area contributed by atoms with E-state index in [4.69, 9.17) is 11.6 Å². The summed E-state index contributed by atoms with van der Waals surface area (Å²) in [6.45, 7) is 0. The van der Waals surface area contributed by atoms with Gasteiger partial charge in [0.2, 0.25) is 5.91 Å². The van der Waals surface area contributed by atoms with E-state index < -0.39 is 0 Å². The van der Waals surface area contributed by atoms with Gasteiger partial charge in [0.25, 0.3) is 0 Å². The number of carbonyl (C=O) groups excluding carboxylic acids is 1. The van der Waals surface area contributed by atoms with Crippen molar-refractivity contribution in [3.8, 4) is 0 Å². The highest BCUT2D eigenvalue weighted by atomic mass is 35.5. The van der Waals surface area contributed by atoms with Gasteiger partial charge in [0.1, 0.15) is 0 Å². The van der Waals surface area contributed by atoms with Crippen molar-refractivity contribution in [2.45, 2.75) is 6.42 Å². The van der Waals surface area contributed by atoms with Gasteiger partial charge in [-0.05, 0) is 12.1 Å². The number of nitrogens with one attached hydrogen (secondary N) is 1. The molecule has 0 saturated heterocycles. The van der Waals surface area contributed by atoms with E-state index >= 15 is 0 Å². The van der Waals surface area contributed by atoms with E-state index in [1.807, 2.05) is 0 Å². The quantitative estimate of drug-likeness (QED) is 0.746. The number of hydrogen-bond acceptors (Lipinski definition) is 2. The van der Waals surface area contributed by atoms with Gasteiger partial charge in [0, 0.05) is 18.3 Å². The first-order valence-corrected chi connectivity index (χ1v) is 3.91. The van der Waals surface area contributed by atoms with E-state index in [1.54, 1.807) is 25.4 Å². The van der Waals surface area contributed by atoms with E-state index in [2.05, 4.69) is 10.3 Å². The lowest BCUT2D eigenvalue weighted by Crippen LogP contribution is -2.20. The summed E-state index contributed by atoms with van der Waals surface area (Å²) in [5.41, 5.74) is 0.682. The van der Waals surface area contributed by atoms with Crippen LogP contribution in [0, 0.1) is 0 Å². The molecule has 0 bridgehead atoms. The van der Waals surface area contributed by atoms with Gasteiger partial charge in [-0.3, -0.25) is 9.78 Å². The molecule has 1 heterocycles. The van der Waals surface area contributed by atoms with Gasteiger partial charge in [-0.15, -0.1) is 0 Å². The summed E-state index contributed by atoms with van der Waals surface area (Å²) in [7, 11) is 1.59. The molecule has 0 aliphatic carbocycles. The zero-order valence-corrected chi connectivity index (χ0v) is 7.43. The van der Waals surface area contributed by atoms with Crippen LogP contribution in [0.4, 0.5) is 0 Å². The molecule has 0 aliphatic rings.